The number of aliphatic hydroxyl groups excluding tert-OH is 1. The fourth-order valence-electron chi connectivity index (χ4n) is 6.47. The lowest BCUT2D eigenvalue weighted by molar-refractivity contribution is -0.151. The van der Waals surface area contributed by atoms with Gasteiger partial charge in [-0.1, -0.05) is 12.2 Å². The molecule has 3 heteroatoms. The number of carbonyl (C=O) groups excluding carboxylic acids is 1. The molecule has 3 nitrogen and oxygen atoms in total. The summed E-state index contributed by atoms with van der Waals surface area (Å²) >= 11 is 0. The van der Waals surface area contributed by atoms with Gasteiger partial charge in [0.2, 0.25) is 0 Å². The van der Waals surface area contributed by atoms with Gasteiger partial charge in [-0.05, 0) is 77.6 Å². The molecule has 0 radical (unpaired) electrons. The summed E-state index contributed by atoms with van der Waals surface area (Å²) in [6, 6.07) is 0. The topological polar surface area (TPSA) is 46.5 Å². The van der Waals surface area contributed by atoms with Crippen LogP contribution in [-0.2, 0) is 9.53 Å². The van der Waals surface area contributed by atoms with E-state index in [0.29, 0.717) is 11.8 Å². The Morgan fingerprint density at radius 2 is 2.09 bits per heavy atom. The van der Waals surface area contributed by atoms with E-state index in [0.717, 1.165) is 57.8 Å². The van der Waals surface area contributed by atoms with Gasteiger partial charge in [0, 0.05) is 11.3 Å². The number of carbonyl (C=O) groups is 1. The summed E-state index contributed by atoms with van der Waals surface area (Å²) in [5.74, 6) is 0.926. The maximum absolute atomic E-state index is 12.4. The first-order chi connectivity index (χ1) is 10.8. The third-order valence-corrected chi connectivity index (χ3v) is 7.90. The maximum atomic E-state index is 12.4. The fourth-order valence-corrected chi connectivity index (χ4v) is 6.47. The summed E-state index contributed by atoms with van der Waals surface area (Å²) < 4.78 is 5.83. The van der Waals surface area contributed by atoms with Crippen LogP contribution in [0.3, 0.4) is 0 Å². The van der Waals surface area contributed by atoms with E-state index in [-0.39, 0.29) is 28.5 Å². The third kappa shape index (κ3) is 2.08. The van der Waals surface area contributed by atoms with Crippen molar-refractivity contribution >= 4 is 5.97 Å². The molecule has 0 aromatic carbocycles. The number of hydrogen-bond acceptors (Lipinski definition) is 3. The average molecular weight is 318 g/mol. The van der Waals surface area contributed by atoms with Crippen molar-refractivity contribution in [3.05, 3.63) is 12.2 Å². The van der Waals surface area contributed by atoms with Crippen LogP contribution in [0.25, 0.3) is 0 Å². The fraction of sp³-hybridized carbons (Fsp3) is 0.850. The zero-order valence-electron chi connectivity index (χ0n) is 14.6. The smallest absolute Gasteiger partial charge is 0.312 e. The SMILES string of the molecule is C=C1CC2(CCC3C4(C)CCCC3(C)C(=O)O4)CC1CCC2O. The molecule has 1 N–H and O–H groups in total. The van der Waals surface area contributed by atoms with Gasteiger partial charge in [0.25, 0.3) is 0 Å². The molecular formula is C20H30O3. The molecule has 3 saturated carbocycles. The largest absolute Gasteiger partial charge is 0.459 e. The zero-order valence-corrected chi connectivity index (χ0v) is 14.6. The Kier molecular flexibility index (Phi) is 3.30. The number of allylic oxidation sites excluding steroid dienone is 1. The molecule has 0 aromatic rings. The Bertz CT molecular complexity index is 555. The van der Waals surface area contributed by atoms with Crippen LogP contribution in [0, 0.1) is 22.7 Å². The summed E-state index contributed by atoms with van der Waals surface area (Å²) in [4.78, 5) is 12.4. The van der Waals surface area contributed by atoms with Crippen molar-refractivity contribution in [3.63, 3.8) is 0 Å². The van der Waals surface area contributed by atoms with Gasteiger partial charge in [-0.2, -0.15) is 0 Å². The van der Waals surface area contributed by atoms with Crippen LogP contribution in [0.15, 0.2) is 12.2 Å². The summed E-state index contributed by atoms with van der Waals surface area (Å²) in [7, 11) is 0. The van der Waals surface area contributed by atoms with Crippen molar-refractivity contribution < 1.29 is 14.6 Å². The number of rotatable bonds is 3. The van der Waals surface area contributed by atoms with E-state index in [1.807, 2.05) is 0 Å². The highest BCUT2D eigenvalue weighted by Gasteiger charge is 2.62. The highest BCUT2D eigenvalue weighted by atomic mass is 16.6. The first-order valence-electron chi connectivity index (χ1n) is 9.38. The van der Waals surface area contributed by atoms with Crippen LogP contribution < -0.4 is 0 Å². The van der Waals surface area contributed by atoms with E-state index >= 15 is 0 Å². The van der Waals surface area contributed by atoms with E-state index in [4.69, 9.17) is 4.74 Å². The molecule has 3 aliphatic carbocycles. The maximum Gasteiger partial charge on any atom is 0.312 e. The highest BCUT2D eigenvalue weighted by molar-refractivity contribution is 5.80. The van der Waals surface area contributed by atoms with Crippen molar-refractivity contribution in [2.24, 2.45) is 22.7 Å². The number of ether oxygens (including phenoxy) is 1. The monoisotopic (exact) mass is 318 g/mol. The van der Waals surface area contributed by atoms with Gasteiger partial charge in [-0.3, -0.25) is 4.79 Å². The second kappa shape index (κ2) is 4.84. The Morgan fingerprint density at radius 1 is 1.30 bits per heavy atom. The minimum Gasteiger partial charge on any atom is -0.459 e. The minimum absolute atomic E-state index is 0.0119. The molecule has 0 aromatic heterocycles. The minimum atomic E-state index is -0.307. The molecule has 4 bridgehead atoms. The molecule has 1 saturated heterocycles. The van der Waals surface area contributed by atoms with Gasteiger partial charge in [0.05, 0.1) is 11.5 Å². The van der Waals surface area contributed by atoms with Crippen LogP contribution in [0.2, 0.25) is 0 Å². The van der Waals surface area contributed by atoms with Gasteiger partial charge in [-0.15, -0.1) is 0 Å². The van der Waals surface area contributed by atoms with Gasteiger partial charge in [-0.25, -0.2) is 0 Å². The second-order valence-electron chi connectivity index (χ2n) is 9.26. The number of esters is 1. The van der Waals surface area contributed by atoms with Crippen molar-refractivity contribution in [2.45, 2.75) is 83.3 Å². The van der Waals surface area contributed by atoms with Gasteiger partial charge >= 0.3 is 5.97 Å². The lowest BCUT2D eigenvalue weighted by Gasteiger charge is -2.43. The number of aliphatic hydroxyl groups is 1. The van der Waals surface area contributed by atoms with Crippen molar-refractivity contribution in [2.75, 3.05) is 0 Å². The van der Waals surface area contributed by atoms with Crippen molar-refractivity contribution in [1.82, 2.24) is 0 Å². The standard InChI is InChI=1S/C20H30O3/c1-13-11-20(12-14(13)5-6-16(20)21)10-7-15-18(2)8-4-9-19(15,3)23-17(18)22/h14-16,21H,1,4-12H2,2-3H3. The molecule has 0 amide bonds. The quantitative estimate of drug-likeness (QED) is 0.632. The van der Waals surface area contributed by atoms with Gasteiger partial charge in [0.1, 0.15) is 5.60 Å². The predicted molar refractivity (Wildman–Crippen MR) is 88.7 cm³/mol. The van der Waals surface area contributed by atoms with Crippen LogP contribution in [0.4, 0.5) is 0 Å². The van der Waals surface area contributed by atoms with Gasteiger partial charge in [0.15, 0.2) is 0 Å². The lowest BCUT2D eigenvalue weighted by Crippen LogP contribution is -2.44. The first-order valence-corrected chi connectivity index (χ1v) is 9.38. The second-order valence-corrected chi connectivity index (χ2v) is 9.26. The summed E-state index contributed by atoms with van der Waals surface area (Å²) in [6.45, 7) is 8.50. The number of hydrogen-bond donors (Lipinski definition) is 1. The van der Waals surface area contributed by atoms with Crippen molar-refractivity contribution in [1.29, 1.82) is 0 Å². The first kappa shape index (κ1) is 15.7. The average Bonchev–Trinajstić information content (AvgIpc) is 2.80. The molecule has 4 rings (SSSR count). The summed E-state index contributed by atoms with van der Waals surface area (Å²) in [6.07, 6.45) is 8.93. The lowest BCUT2D eigenvalue weighted by atomic mass is 9.59. The van der Waals surface area contributed by atoms with E-state index in [9.17, 15) is 9.90 Å². The molecule has 128 valence electrons. The predicted octanol–water partition coefficient (Wildman–Crippen LogP) is 4.00. The Hall–Kier alpha value is -0.830. The zero-order chi connectivity index (χ0) is 16.5. The summed E-state index contributed by atoms with van der Waals surface area (Å²) in [5, 5.41) is 10.7. The highest BCUT2D eigenvalue weighted by Crippen LogP contribution is 2.60. The van der Waals surface area contributed by atoms with Crippen LogP contribution >= 0.6 is 0 Å². The van der Waals surface area contributed by atoms with E-state index < -0.39 is 0 Å². The Morgan fingerprint density at radius 3 is 2.83 bits per heavy atom. The summed E-state index contributed by atoms with van der Waals surface area (Å²) in [5.41, 5.74) is 0.776. The Labute approximate surface area is 139 Å². The van der Waals surface area contributed by atoms with Gasteiger partial charge < -0.3 is 9.84 Å². The van der Waals surface area contributed by atoms with E-state index in [1.54, 1.807) is 0 Å². The normalized spacial score (nSPS) is 51.9. The molecule has 0 spiro atoms. The molecular weight excluding hydrogens is 288 g/mol. The van der Waals surface area contributed by atoms with Crippen molar-refractivity contribution in [3.8, 4) is 0 Å². The van der Waals surface area contributed by atoms with Crippen LogP contribution in [-0.4, -0.2) is 22.8 Å². The molecule has 1 heterocycles. The molecule has 4 fully saturated rings. The molecule has 1 aliphatic heterocycles. The molecule has 6 unspecified atom stereocenters. The van der Waals surface area contributed by atoms with E-state index in [1.165, 1.54) is 5.57 Å². The third-order valence-electron chi connectivity index (χ3n) is 7.90. The number of fused-ring (bicyclic) bond motifs is 4. The molecule has 4 aliphatic rings. The molecule has 23 heavy (non-hydrogen) atoms. The van der Waals surface area contributed by atoms with E-state index in [2.05, 4.69) is 20.4 Å². The van der Waals surface area contributed by atoms with Crippen LogP contribution in [0.1, 0.15) is 71.6 Å². The Balaban J connectivity index is 1.55. The van der Waals surface area contributed by atoms with Crippen LogP contribution in [0.5, 0.6) is 0 Å². The molecule has 6 atom stereocenters.